The highest BCUT2D eigenvalue weighted by Gasteiger charge is 2.11. The lowest BCUT2D eigenvalue weighted by Gasteiger charge is -1.96. The van der Waals surface area contributed by atoms with Crippen LogP contribution in [0.4, 0.5) is 0 Å². The molecule has 1 heterocycles. The molecule has 0 fully saturated rings. The molecule has 0 bridgehead atoms. The predicted octanol–water partition coefficient (Wildman–Crippen LogP) is 4.25. The summed E-state index contributed by atoms with van der Waals surface area (Å²) >= 11 is 6.10. The maximum Gasteiger partial charge on any atom is 0.267 e. The van der Waals surface area contributed by atoms with Gasteiger partial charge in [0.25, 0.3) is 5.89 Å². The van der Waals surface area contributed by atoms with Crippen LogP contribution in [0.5, 0.6) is 0 Å². The first-order valence-electron chi connectivity index (χ1n) is 7.02. The maximum atomic E-state index is 6.10. The van der Waals surface area contributed by atoms with Gasteiger partial charge in [0, 0.05) is 5.56 Å². The van der Waals surface area contributed by atoms with Gasteiger partial charge in [0.15, 0.2) is 6.61 Å². The number of benzene rings is 2. The van der Waals surface area contributed by atoms with Crippen LogP contribution in [0.3, 0.4) is 0 Å². The van der Waals surface area contributed by atoms with Crippen molar-refractivity contribution in [3.8, 4) is 11.4 Å². The van der Waals surface area contributed by atoms with Crippen molar-refractivity contribution >= 4 is 17.8 Å². The van der Waals surface area contributed by atoms with Gasteiger partial charge in [-0.15, -0.1) is 0 Å². The van der Waals surface area contributed by atoms with Crippen LogP contribution in [0.2, 0.25) is 5.02 Å². The molecule has 0 spiro atoms. The van der Waals surface area contributed by atoms with E-state index >= 15 is 0 Å². The molecule has 0 saturated carbocycles. The summed E-state index contributed by atoms with van der Waals surface area (Å²) in [7, 11) is 0. The lowest BCUT2D eigenvalue weighted by atomic mass is 10.2. The van der Waals surface area contributed by atoms with Crippen molar-refractivity contribution in [2.24, 2.45) is 5.16 Å². The zero-order chi connectivity index (χ0) is 16.1. The molecule has 0 atom stereocenters. The summed E-state index contributed by atoms with van der Waals surface area (Å²) in [6.45, 7) is 2.13. The Bertz CT molecular complexity index is 813. The minimum atomic E-state index is 0.0970. The van der Waals surface area contributed by atoms with E-state index in [2.05, 4.69) is 15.3 Å². The zero-order valence-electron chi connectivity index (χ0n) is 12.4. The van der Waals surface area contributed by atoms with Crippen molar-refractivity contribution in [3.63, 3.8) is 0 Å². The van der Waals surface area contributed by atoms with Gasteiger partial charge in [0.1, 0.15) is 0 Å². The minimum absolute atomic E-state index is 0.0970. The quantitative estimate of drug-likeness (QED) is 0.519. The summed E-state index contributed by atoms with van der Waals surface area (Å²) < 4.78 is 5.12. The molecular weight excluding hydrogens is 314 g/mol. The number of halogens is 1. The summed E-state index contributed by atoms with van der Waals surface area (Å²) in [5.41, 5.74) is 2.87. The third-order valence-corrected chi connectivity index (χ3v) is 3.45. The van der Waals surface area contributed by atoms with Crippen LogP contribution >= 0.6 is 11.6 Å². The topological polar surface area (TPSA) is 60.5 Å². The molecule has 1 aromatic heterocycles. The van der Waals surface area contributed by atoms with Crippen molar-refractivity contribution in [1.29, 1.82) is 0 Å². The van der Waals surface area contributed by atoms with Gasteiger partial charge in [-0.2, -0.15) is 4.98 Å². The maximum absolute atomic E-state index is 6.10. The zero-order valence-corrected chi connectivity index (χ0v) is 13.2. The Balaban J connectivity index is 1.59. The Hall–Kier alpha value is -2.66. The fraction of sp³-hybridized carbons (Fsp3) is 0.118. The highest BCUT2D eigenvalue weighted by atomic mass is 35.5. The summed E-state index contributed by atoms with van der Waals surface area (Å²) in [4.78, 5) is 9.41. The van der Waals surface area contributed by atoms with Crippen molar-refractivity contribution in [2.45, 2.75) is 13.5 Å². The number of hydrogen-bond donors (Lipinski definition) is 0. The van der Waals surface area contributed by atoms with Gasteiger partial charge in [0.05, 0.1) is 11.2 Å². The summed E-state index contributed by atoms with van der Waals surface area (Å²) in [5.74, 6) is 0.762. The highest BCUT2D eigenvalue weighted by molar-refractivity contribution is 6.33. The molecule has 116 valence electrons. The highest BCUT2D eigenvalue weighted by Crippen LogP contribution is 2.24. The first kappa shape index (κ1) is 15.2. The largest absolute Gasteiger partial charge is 0.386 e. The monoisotopic (exact) mass is 327 g/mol. The molecule has 0 radical (unpaired) electrons. The molecule has 0 amide bonds. The van der Waals surface area contributed by atoms with Gasteiger partial charge in [-0.3, -0.25) is 0 Å². The van der Waals surface area contributed by atoms with Gasteiger partial charge in [-0.25, -0.2) is 0 Å². The number of oxime groups is 1. The van der Waals surface area contributed by atoms with E-state index in [1.807, 2.05) is 49.4 Å². The van der Waals surface area contributed by atoms with Crippen LogP contribution < -0.4 is 0 Å². The molecule has 2 aromatic carbocycles. The van der Waals surface area contributed by atoms with Crippen LogP contribution in [-0.4, -0.2) is 16.4 Å². The van der Waals surface area contributed by atoms with E-state index in [9.17, 15) is 0 Å². The fourth-order valence-electron chi connectivity index (χ4n) is 1.91. The number of rotatable bonds is 5. The lowest BCUT2D eigenvalue weighted by Crippen LogP contribution is -1.89. The molecule has 0 aliphatic rings. The number of aromatic nitrogens is 2. The van der Waals surface area contributed by atoms with E-state index < -0.39 is 0 Å². The molecule has 23 heavy (non-hydrogen) atoms. The molecule has 5 nitrogen and oxygen atoms in total. The van der Waals surface area contributed by atoms with Gasteiger partial charge in [-0.1, -0.05) is 63.9 Å². The van der Waals surface area contributed by atoms with Gasteiger partial charge < -0.3 is 9.36 Å². The van der Waals surface area contributed by atoms with Gasteiger partial charge in [-0.05, 0) is 24.6 Å². The predicted molar refractivity (Wildman–Crippen MR) is 88.3 cm³/mol. The SMILES string of the molecule is Cc1ccc(/C=N\OCc2nc(-c3ccccc3Cl)no2)cc1. The molecule has 6 heteroatoms. The second-order valence-corrected chi connectivity index (χ2v) is 5.32. The standard InChI is InChI=1S/C17H14ClN3O2/c1-12-6-8-13(9-7-12)10-19-22-11-16-20-17(21-23-16)14-4-2-3-5-15(14)18/h2-10H,11H2,1H3/b19-10-. The van der Waals surface area contributed by atoms with Crippen molar-refractivity contribution in [1.82, 2.24) is 10.1 Å². The molecule has 3 rings (SSSR count). The van der Waals surface area contributed by atoms with Crippen molar-refractivity contribution in [3.05, 3.63) is 70.6 Å². The van der Waals surface area contributed by atoms with Gasteiger partial charge in [0.2, 0.25) is 5.82 Å². The lowest BCUT2D eigenvalue weighted by molar-refractivity contribution is 0.107. The Morgan fingerprint density at radius 3 is 2.74 bits per heavy atom. The summed E-state index contributed by atoms with van der Waals surface area (Å²) in [5, 5.41) is 8.35. The molecule has 0 unspecified atom stereocenters. The number of aryl methyl sites for hydroxylation is 1. The normalized spacial score (nSPS) is 11.0. The second-order valence-electron chi connectivity index (χ2n) is 4.91. The van der Waals surface area contributed by atoms with Crippen LogP contribution in [-0.2, 0) is 11.4 Å². The molecule has 0 saturated heterocycles. The molecular formula is C17H14ClN3O2. The average molecular weight is 328 g/mol. The first-order valence-corrected chi connectivity index (χ1v) is 7.39. The number of hydrogen-bond acceptors (Lipinski definition) is 5. The Kier molecular flexibility index (Phi) is 4.68. The molecule has 0 aliphatic heterocycles. The average Bonchev–Trinajstić information content (AvgIpc) is 3.02. The molecule has 3 aromatic rings. The summed E-state index contributed by atoms with van der Waals surface area (Å²) in [6.07, 6.45) is 1.63. The van der Waals surface area contributed by atoms with Crippen molar-refractivity contribution in [2.75, 3.05) is 0 Å². The van der Waals surface area contributed by atoms with Gasteiger partial charge >= 0.3 is 0 Å². The second kappa shape index (κ2) is 7.07. The van der Waals surface area contributed by atoms with Crippen LogP contribution in [0, 0.1) is 6.92 Å². The van der Waals surface area contributed by atoms with E-state index in [0.29, 0.717) is 22.3 Å². The van der Waals surface area contributed by atoms with Crippen molar-refractivity contribution < 1.29 is 9.36 Å². The minimum Gasteiger partial charge on any atom is -0.386 e. The number of nitrogens with zero attached hydrogens (tertiary/aromatic N) is 3. The summed E-state index contributed by atoms with van der Waals surface area (Å²) in [6, 6.07) is 15.2. The van der Waals surface area contributed by atoms with E-state index in [1.165, 1.54) is 5.56 Å². The first-order chi connectivity index (χ1) is 11.2. The Labute approximate surface area is 138 Å². The third-order valence-electron chi connectivity index (χ3n) is 3.12. The fourth-order valence-corrected chi connectivity index (χ4v) is 2.13. The third kappa shape index (κ3) is 3.96. The molecule has 0 N–H and O–H groups in total. The van der Waals surface area contributed by atoms with E-state index in [-0.39, 0.29) is 6.61 Å². The van der Waals surface area contributed by atoms with E-state index in [4.69, 9.17) is 21.0 Å². The van der Waals surface area contributed by atoms with E-state index in [1.54, 1.807) is 12.3 Å². The van der Waals surface area contributed by atoms with Crippen LogP contribution in [0.15, 0.2) is 58.2 Å². The molecule has 0 aliphatic carbocycles. The Morgan fingerprint density at radius 1 is 1.17 bits per heavy atom. The Morgan fingerprint density at radius 2 is 1.96 bits per heavy atom. The smallest absolute Gasteiger partial charge is 0.267 e. The van der Waals surface area contributed by atoms with Crippen LogP contribution in [0.25, 0.3) is 11.4 Å². The van der Waals surface area contributed by atoms with Crippen LogP contribution in [0.1, 0.15) is 17.0 Å². The van der Waals surface area contributed by atoms with E-state index in [0.717, 1.165) is 5.56 Å².